The Morgan fingerprint density at radius 2 is 1.75 bits per heavy atom. The van der Waals surface area contributed by atoms with Gasteiger partial charge < -0.3 is 16.0 Å². The van der Waals surface area contributed by atoms with Crippen LogP contribution < -0.4 is 6.15 Å². The van der Waals surface area contributed by atoms with Gasteiger partial charge in [-0.3, -0.25) is 0 Å². The lowest BCUT2D eigenvalue weighted by Crippen LogP contribution is -2.05. The minimum atomic E-state index is -0.915. The van der Waals surface area contributed by atoms with Gasteiger partial charge in [-0.2, -0.15) is 0 Å². The normalized spacial score (nSPS) is 8.44. The van der Waals surface area contributed by atoms with E-state index in [2.05, 4.69) is 4.74 Å². The van der Waals surface area contributed by atoms with Gasteiger partial charge in [0.15, 0.2) is 0 Å². The van der Waals surface area contributed by atoms with Crippen LogP contribution >= 0.6 is 23.2 Å². The Morgan fingerprint density at radius 1 is 1.31 bits per heavy atom. The maximum absolute atomic E-state index is 9.63. The molecule has 0 aliphatic heterocycles. The van der Waals surface area contributed by atoms with Crippen molar-refractivity contribution < 1.29 is 14.6 Å². The number of halogens is 2. The van der Waals surface area contributed by atoms with Crippen molar-refractivity contribution in [1.82, 2.24) is 6.15 Å². The summed E-state index contributed by atoms with van der Waals surface area (Å²) >= 11 is 11.2. The number of hydrogen-bond acceptors (Lipinski definition) is 3. The predicted octanol–water partition coefficient (Wildman–Crippen LogP) is 3.26. The highest BCUT2D eigenvalue weighted by Gasteiger charge is 1.90. The first-order chi connectivity index (χ1) is 7.07. The van der Waals surface area contributed by atoms with Crippen LogP contribution in [-0.2, 0) is 9.53 Å². The van der Waals surface area contributed by atoms with Crippen LogP contribution in [0.3, 0.4) is 0 Å². The maximum atomic E-state index is 9.63. The minimum Gasteiger partial charge on any atom is -0.480 e. The van der Waals surface area contributed by atoms with Crippen LogP contribution in [-0.4, -0.2) is 24.3 Å². The van der Waals surface area contributed by atoms with E-state index in [1.807, 2.05) is 12.1 Å². The number of aliphatic carboxylic acids is 1. The first kappa shape index (κ1) is 17.6. The van der Waals surface area contributed by atoms with Crippen molar-refractivity contribution in [1.29, 1.82) is 0 Å². The van der Waals surface area contributed by atoms with Crippen LogP contribution in [0.5, 0.6) is 0 Å². The second-order valence-corrected chi connectivity index (χ2v) is 3.26. The molecule has 0 spiro atoms. The summed E-state index contributed by atoms with van der Waals surface area (Å²) in [6.07, 6.45) is 0. The standard InChI is InChI=1S/C6H4Cl2.C4H8O3.H3N/c7-5-3-1-2-4-6(5)8;1-2-7-3-4(5)6;/h1-4H;2-3H2,1H3,(H,5,6);1H3. The summed E-state index contributed by atoms with van der Waals surface area (Å²) in [5.41, 5.74) is 0. The highest BCUT2D eigenvalue weighted by atomic mass is 35.5. The lowest BCUT2D eigenvalue weighted by Gasteiger charge is -1.90. The molecular weight excluding hydrogens is 253 g/mol. The molecule has 0 atom stereocenters. The summed E-state index contributed by atoms with van der Waals surface area (Å²) < 4.78 is 4.50. The van der Waals surface area contributed by atoms with E-state index in [1.165, 1.54) is 0 Å². The fourth-order valence-corrected chi connectivity index (χ4v) is 0.900. The summed E-state index contributed by atoms with van der Waals surface area (Å²) in [5.74, 6) is -0.915. The number of hydrogen-bond donors (Lipinski definition) is 2. The van der Waals surface area contributed by atoms with Crippen LogP contribution in [0.4, 0.5) is 0 Å². The fraction of sp³-hybridized carbons (Fsp3) is 0.300. The SMILES string of the molecule is CCOCC(=O)O.Clc1ccccc1Cl.N. The minimum absolute atomic E-state index is 0. The Bertz CT molecular complexity index is 287. The van der Waals surface area contributed by atoms with E-state index >= 15 is 0 Å². The molecule has 0 heterocycles. The Morgan fingerprint density at radius 3 is 1.94 bits per heavy atom. The topological polar surface area (TPSA) is 81.5 Å². The van der Waals surface area contributed by atoms with E-state index < -0.39 is 5.97 Å². The Kier molecular flexibility index (Phi) is 11.8. The molecule has 0 bridgehead atoms. The third-order valence-corrected chi connectivity index (χ3v) is 2.01. The monoisotopic (exact) mass is 267 g/mol. The average molecular weight is 268 g/mol. The second kappa shape index (κ2) is 10.7. The van der Waals surface area contributed by atoms with Crippen molar-refractivity contribution in [2.24, 2.45) is 0 Å². The van der Waals surface area contributed by atoms with E-state index in [-0.39, 0.29) is 12.8 Å². The molecule has 0 aliphatic rings. The number of benzene rings is 1. The lowest BCUT2D eigenvalue weighted by atomic mass is 10.4. The molecule has 1 aromatic rings. The Hall–Kier alpha value is -0.810. The molecule has 0 amide bonds. The molecule has 0 fully saturated rings. The van der Waals surface area contributed by atoms with Gasteiger partial charge in [0.05, 0.1) is 10.0 Å². The first-order valence-corrected chi connectivity index (χ1v) is 5.03. The molecule has 1 rings (SSSR count). The zero-order valence-electron chi connectivity index (χ0n) is 8.95. The van der Waals surface area contributed by atoms with Gasteiger partial charge in [0, 0.05) is 6.61 Å². The average Bonchev–Trinajstić information content (AvgIpc) is 2.20. The third-order valence-electron chi connectivity index (χ3n) is 1.25. The Labute approximate surface area is 105 Å². The van der Waals surface area contributed by atoms with Gasteiger partial charge in [0.25, 0.3) is 0 Å². The van der Waals surface area contributed by atoms with Gasteiger partial charge in [0.2, 0.25) is 0 Å². The summed E-state index contributed by atoms with van der Waals surface area (Å²) in [6.45, 7) is 2.03. The molecule has 6 heteroatoms. The largest absolute Gasteiger partial charge is 0.480 e. The van der Waals surface area contributed by atoms with E-state index in [1.54, 1.807) is 19.1 Å². The van der Waals surface area contributed by atoms with Gasteiger partial charge in [-0.1, -0.05) is 35.3 Å². The summed E-state index contributed by atoms with van der Waals surface area (Å²) in [5, 5.41) is 9.13. The molecule has 4 nitrogen and oxygen atoms in total. The van der Waals surface area contributed by atoms with E-state index in [0.717, 1.165) is 0 Å². The number of carboxylic acids is 1. The molecule has 0 unspecified atom stereocenters. The van der Waals surface area contributed by atoms with Crippen LogP contribution in [0.2, 0.25) is 10.0 Å². The number of rotatable bonds is 3. The second-order valence-electron chi connectivity index (χ2n) is 2.44. The molecular formula is C10H15Cl2NO3. The number of carbonyl (C=O) groups is 1. The van der Waals surface area contributed by atoms with E-state index in [4.69, 9.17) is 28.3 Å². The molecule has 92 valence electrons. The van der Waals surface area contributed by atoms with E-state index in [9.17, 15) is 4.79 Å². The van der Waals surface area contributed by atoms with Crippen molar-refractivity contribution in [3.63, 3.8) is 0 Å². The first-order valence-electron chi connectivity index (χ1n) is 4.27. The van der Waals surface area contributed by atoms with Gasteiger partial charge in [-0.05, 0) is 19.1 Å². The molecule has 0 radical (unpaired) electrons. The smallest absolute Gasteiger partial charge is 0.329 e. The Balaban J connectivity index is 0. The van der Waals surface area contributed by atoms with Gasteiger partial charge in [-0.15, -0.1) is 0 Å². The molecule has 4 N–H and O–H groups in total. The number of carboxylic acid groups (broad SMARTS) is 1. The zero-order chi connectivity index (χ0) is 11.7. The maximum Gasteiger partial charge on any atom is 0.329 e. The molecule has 0 aliphatic carbocycles. The van der Waals surface area contributed by atoms with Gasteiger partial charge in [-0.25, -0.2) is 4.79 Å². The zero-order valence-corrected chi connectivity index (χ0v) is 10.5. The van der Waals surface area contributed by atoms with E-state index in [0.29, 0.717) is 16.7 Å². The van der Waals surface area contributed by atoms with Crippen LogP contribution in [0.25, 0.3) is 0 Å². The fourth-order valence-electron chi connectivity index (χ4n) is 0.629. The van der Waals surface area contributed by atoms with Crippen molar-refractivity contribution in [2.75, 3.05) is 13.2 Å². The third kappa shape index (κ3) is 9.73. The van der Waals surface area contributed by atoms with Crippen molar-refractivity contribution in [2.45, 2.75) is 6.92 Å². The van der Waals surface area contributed by atoms with Crippen molar-refractivity contribution in [3.05, 3.63) is 34.3 Å². The molecule has 0 saturated carbocycles. The van der Waals surface area contributed by atoms with Crippen molar-refractivity contribution >= 4 is 29.2 Å². The molecule has 16 heavy (non-hydrogen) atoms. The summed E-state index contributed by atoms with van der Waals surface area (Å²) in [6, 6.07) is 7.19. The van der Waals surface area contributed by atoms with Gasteiger partial charge in [0.1, 0.15) is 6.61 Å². The van der Waals surface area contributed by atoms with Crippen molar-refractivity contribution in [3.8, 4) is 0 Å². The number of ether oxygens (including phenoxy) is 1. The predicted molar refractivity (Wildman–Crippen MR) is 65.6 cm³/mol. The van der Waals surface area contributed by atoms with Gasteiger partial charge >= 0.3 is 5.97 Å². The highest BCUT2D eigenvalue weighted by molar-refractivity contribution is 6.41. The van der Waals surface area contributed by atoms with Crippen LogP contribution in [0.1, 0.15) is 6.92 Å². The van der Waals surface area contributed by atoms with Crippen LogP contribution in [0.15, 0.2) is 24.3 Å². The van der Waals surface area contributed by atoms with Crippen LogP contribution in [0, 0.1) is 0 Å². The lowest BCUT2D eigenvalue weighted by molar-refractivity contribution is -0.142. The summed E-state index contributed by atoms with van der Waals surface area (Å²) in [7, 11) is 0. The molecule has 1 aromatic carbocycles. The molecule has 0 aromatic heterocycles. The highest BCUT2D eigenvalue weighted by Crippen LogP contribution is 2.19. The summed E-state index contributed by atoms with van der Waals surface area (Å²) in [4.78, 5) is 9.63. The quantitative estimate of drug-likeness (QED) is 0.881. The molecule has 0 saturated heterocycles.